The van der Waals surface area contributed by atoms with E-state index < -0.39 is 4.92 Å². The quantitative estimate of drug-likeness (QED) is 0.430. The first-order chi connectivity index (χ1) is 7.17. The van der Waals surface area contributed by atoms with Gasteiger partial charge in [-0.1, -0.05) is 19.1 Å². The standard InChI is InChI=1S/C11H10NO3/c1-2-9(8-13)6-10-4-3-5-11(7-10)12(14)15/h3-7H,2H2,1H3/b9-6+. The van der Waals surface area contributed by atoms with Crippen molar-refractivity contribution in [2.75, 3.05) is 0 Å². The molecule has 1 radical (unpaired) electrons. The van der Waals surface area contributed by atoms with Crippen LogP contribution in [-0.2, 0) is 4.79 Å². The Hall–Kier alpha value is -1.97. The van der Waals surface area contributed by atoms with Gasteiger partial charge < -0.3 is 0 Å². The van der Waals surface area contributed by atoms with E-state index in [1.54, 1.807) is 24.5 Å². The zero-order valence-electron chi connectivity index (χ0n) is 8.27. The molecule has 15 heavy (non-hydrogen) atoms. The van der Waals surface area contributed by atoms with Crippen molar-refractivity contribution in [1.29, 1.82) is 0 Å². The lowest BCUT2D eigenvalue weighted by Crippen LogP contribution is -1.88. The smallest absolute Gasteiger partial charge is 0.270 e. The molecule has 0 unspecified atom stereocenters. The van der Waals surface area contributed by atoms with Crippen LogP contribution < -0.4 is 0 Å². The molecule has 0 aliphatic carbocycles. The fraction of sp³-hybridized carbons (Fsp3) is 0.182. The maximum absolute atomic E-state index is 10.5. The fourth-order valence-corrected chi connectivity index (χ4v) is 1.13. The number of nitro groups is 1. The van der Waals surface area contributed by atoms with Crippen molar-refractivity contribution in [2.24, 2.45) is 0 Å². The van der Waals surface area contributed by atoms with E-state index >= 15 is 0 Å². The van der Waals surface area contributed by atoms with Crippen LogP contribution in [0.5, 0.6) is 0 Å². The Balaban J connectivity index is 3.05. The van der Waals surface area contributed by atoms with Crippen molar-refractivity contribution in [3.05, 3.63) is 45.5 Å². The predicted molar refractivity (Wildman–Crippen MR) is 57.1 cm³/mol. The molecule has 0 N–H and O–H groups in total. The lowest BCUT2D eigenvalue weighted by Gasteiger charge is -1.96. The van der Waals surface area contributed by atoms with Crippen molar-refractivity contribution in [3.63, 3.8) is 0 Å². The van der Waals surface area contributed by atoms with E-state index in [4.69, 9.17) is 0 Å². The van der Waals surface area contributed by atoms with Gasteiger partial charge in [-0.3, -0.25) is 14.9 Å². The summed E-state index contributed by atoms with van der Waals surface area (Å²) in [6.45, 7) is 1.83. The summed E-state index contributed by atoms with van der Waals surface area (Å²) < 4.78 is 0. The highest BCUT2D eigenvalue weighted by molar-refractivity contribution is 5.82. The highest BCUT2D eigenvalue weighted by atomic mass is 16.6. The SMILES string of the molecule is CC/C([C]=O)=C\c1cccc([N+](=O)[O-])c1. The van der Waals surface area contributed by atoms with E-state index in [1.807, 2.05) is 6.92 Å². The van der Waals surface area contributed by atoms with E-state index in [9.17, 15) is 14.9 Å². The van der Waals surface area contributed by atoms with Crippen LogP contribution in [0, 0.1) is 10.1 Å². The molecule has 4 heteroatoms. The normalized spacial score (nSPS) is 11.1. The van der Waals surface area contributed by atoms with Crippen LogP contribution >= 0.6 is 0 Å². The molecular weight excluding hydrogens is 194 g/mol. The Bertz CT molecular complexity index is 410. The first-order valence-corrected chi connectivity index (χ1v) is 4.50. The molecular formula is C11H10NO3. The number of nitro benzene ring substituents is 1. The number of non-ortho nitro benzene ring substituents is 1. The van der Waals surface area contributed by atoms with Gasteiger partial charge in [-0.2, -0.15) is 0 Å². The third-order valence-corrected chi connectivity index (χ3v) is 1.93. The molecule has 0 saturated carbocycles. The third-order valence-electron chi connectivity index (χ3n) is 1.93. The molecule has 0 spiro atoms. The van der Waals surface area contributed by atoms with Gasteiger partial charge in [-0.05, 0) is 18.1 Å². The van der Waals surface area contributed by atoms with Crippen molar-refractivity contribution in [2.45, 2.75) is 13.3 Å². The fourth-order valence-electron chi connectivity index (χ4n) is 1.13. The molecule has 1 rings (SSSR count). The summed E-state index contributed by atoms with van der Waals surface area (Å²) in [7, 11) is 0. The molecule has 77 valence electrons. The van der Waals surface area contributed by atoms with E-state index in [0.29, 0.717) is 17.6 Å². The molecule has 0 heterocycles. The number of allylic oxidation sites excluding steroid dienone is 1. The number of carbonyl (C=O) groups excluding carboxylic acids is 1. The highest BCUT2D eigenvalue weighted by Crippen LogP contribution is 2.15. The van der Waals surface area contributed by atoms with Crippen LogP contribution in [0.3, 0.4) is 0 Å². The van der Waals surface area contributed by atoms with Gasteiger partial charge in [0.2, 0.25) is 6.29 Å². The van der Waals surface area contributed by atoms with Crippen molar-refractivity contribution in [1.82, 2.24) is 0 Å². The lowest BCUT2D eigenvalue weighted by atomic mass is 10.1. The monoisotopic (exact) mass is 204 g/mol. The molecule has 0 fully saturated rings. The maximum atomic E-state index is 10.5. The zero-order valence-corrected chi connectivity index (χ0v) is 8.27. The minimum absolute atomic E-state index is 0.0186. The number of hydrogen-bond acceptors (Lipinski definition) is 3. The molecule has 0 atom stereocenters. The average molecular weight is 204 g/mol. The summed E-state index contributed by atoms with van der Waals surface area (Å²) >= 11 is 0. The van der Waals surface area contributed by atoms with E-state index in [0.717, 1.165) is 0 Å². The Morgan fingerprint density at radius 3 is 2.87 bits per heavy atom. The molecule has 0 aliphatic heterocycles. The topological polar surface area (TPSA) is 60.2 Å². The summed E-state index contributed by atoms with van der Waals surface area (Å²) in [5, 5.41) is 10.5. The van der Waals surface area contributed by atoms with E-state index in [-0.39, 0.29) is 5.69 Å². The molecule has 0 aromatic heterocycles. The Morgan fingerprint density at radius 2 is 2.33 bits per heavy atom. The molecule has 4 nitrogen and oxygen atoms in total. The summed E-state index contributed by atoms with van der Waals surface area (Å²) in [5.41, 5.74) is 1.16. The summed E-state index contributed by atoms with van der Waals surface area (Å²) in [4.78, 5) is 20.5. The second kappa shape index (κ2) is 5.05. The van der Waals surface area contributed by atoms with Crippen molar-refractivity contribution in [3.8, 4) is 0 Å². The van der Waals surface area contributed by atoms with Gasteiger partial charge in [0, 0.05) is 17.7 Å². The molecule has 0 aliphatic rings. The largest absolute Gasteiger partial charge is 0.285 e. The van der Waals surface area contributed by atoms with Crippen LogP contribution in [0.15, 0.2) is 29.8 Å². The van der Waals surface area contributed by atoms with Crippen molar-refractivity contribution < 1.29 is 9.72 Å². The second-order valence-corrected chi connectivity index (χ2v) is 2.98. The van der Waals surface area contributed by atoms with Gasteiger partial charge in [0.15, 0.2) is 0 Å². The molecule has 0 amide bonds. The number of benzene rings is 1. The zero-order chi connectivity index (χ0) is 11.3. The highest BCUT2D eigenvalue weighted by Gasteiger charge is 2.04. The first kappa shape index (κ1) is 11.1. The second-order valence-electron chi connectivity index (χ2n) is 2.98. The lowest BCUT2D eigenvalue weighted by molar-refractivity contribution is -0.384. The van der Waals surface area contributed by atoms with E-state index in [1.165, 1.54) is 12.1 Å². The number of nitrogens with zero attached hydrogens (tertiary/aromatic N) is 1. The summed E-state index contributed by atoms with van der Waals surface area (Å²) in [6.07, 6.45) is 3.95. The van der Waals surface area contributed by atoms with Crippen LogP contribution in [-0.4, -0.2) is 11.2 Å². The van der Waals surface area contributed by atoms with Gasteiger partial charge >= 0.3 is 0 Å². The van der Waals surface area contributed by atoms with Crippen molar-refractivity contribution >= 4 is 18.0 Å². The van der Waals surface area contributed by atoms with E-state index in [2.05, 4.69) is 0 Å². The third kappa shape index (κ3) is 3.02. The number of hydrogen-bond donors (Lipinski definition) is 0. The van der Waals surface area contributed by atoms with Gasteiger partial charge in [0.1, 0.15) is 0 Å². The van der Waals surface area contributed by atoms with Gasteiger partial charge in [0.25, 0.3) is 5.69 Å². The Morgan fingerprint density at radius 1 is 1.60 bits per heavy atom. The maximum Gasteiger partial charge on any atom is 0.270 e. The van der Waals surface area contributed by atoms with Gasteiger partial charge in [0.05, 0.1) is 4.92 Å². The Kier molecular flexibility index (Phi) is 3.74. The summed E-state index contributed by atoms with van der Waals surface area (Å²) in [6, 6.07) is 6.13. The van der Waals surface area contributed by atoms with Crippen LogP contribution in [0.4, 0.5) is 5.69 Å². The van der Waals surface area contributed by atoms with Crippen LogP contribution in [0.2, 0.25) is 0 Å². The van der Waals surface area contributed by atoms with Crippen LogP contribution in [0.1, 0.15) is 18.9 Å². The molecule has 0 bridgehead atoms. The minimum Gasteiger partial charge on any atom is -0.285 e. The molecule has 1 aromatic rings. The summed E-state index contributed by atoms with van der Waals surface area (Å²) in [5.74, 6) is 0. The van der Waals surface area contributed by atoms with Crippen LogP contribution in [0.25, 0.3) is 6.08 Å². The predicted octanol–water partition coefficient (Wildman–Crippen LogP) is 2.50. The minimum atomic E-state index is -0.465. The Labute approximate surface area is 87.4 Å². The number of rotatable bonds is 4. The molecule has 0 saturated heterocycles. The van der Waals surface area contributed by atoms with Gasteiger partial charge in [-0.15, -0.1) is 0 Å². The van der Waals surface area contributed by atoms with Gasteiger partial charge in [-0.25, -0.2) is 0 Å². The molecule has 1 aromatic carbocycles. The first-order valence-electron chi connectivity index (χ1n) is 4.50. The average Bonchev–Trinajstić information content (AvgIpc) is 2.26.